The molecular formula is C29H44O6. The van der Waals surface area contributed by atoms with Crippen LogP contribution in [0.3, 0.4) is 0 Å². The molecule has 0 aromatic heterocycles. The number of rotatable bonds is 14. The summed E-state index contributed by atoms with van der Waals surface area (Å²) in [6.07, 6.45) is 3.81. The molecule has 0 atom stereocenters. The summed E-state index contributed by atoms with van der Waals surface area (Å²) in [5.41, 5.74) is 3.92. The average molecular weight is 489 g/mol. The zero-order chi connectivity index (χ0) is 26.2. The molecule has 0 spiro atoms. The van der Waals surface area contributed by atoms with Gasteiger partial charge in [0, 0.05) is 44.0 Å². The quantitative estimate of drug-likeness (QED) is 0.240. The van der Waals surface area contributed by atoms with Crippen LogP contribution in [0, 0.1) is 0 Å². The molecule has 0 saturated carbocycles. The highest BCUT2D eigenvalue weighted by Crippen LogP contribution is 2.41. The second kappa shape index (κ2) is 12.7. The number of aromatic hydroxyl groups is 2. The summed E-state index contributed by atoms with van der Waals surface area (Å²) < 4.78 is 0. The second-order valence-corrected chi connectivity index (χ2v) is 10.8. The number of phenolic OH excluding ortho intramolecular Hbond substituents is 2. The standard InChI is InChI=1S/C29H44O6/c1-28(2,9-13-32)24-17-20(7-5-11-30)15-22(26(24)34)19-23-16-21(8-6-12-31)18-25(27(23)35)29(3,4)10-14-33/h15-18,30-35H,5-14,19H2,1-4H3. The van der Waals surface area contributed by atoms with Crippen molar-refractivity contribution >= 4 is 0 Å². The van der Waals surface area contributed by atoms with Gasteiger partial charge < -0.3 is 30.6 Å². The highest BCUT2D eigenvalue weighted by atomic mass is 16.3. The van der Waals surface area contributed by atoms with Gasteiger partial charge in [-0.25, -0.2) is 0 Å². The van der Waals surface area contributed by atoms with Gasteiger partial charge in [0.05, 0.1) is 0 Å². The minimum atomic E-state index is -0.456. The maximum absolute atomic E-state index is 11.3. The van der Waals surface area contributed by atoms with Crippen LogP contribution >= 0.6 is 0 Å². The van der Waals surface area contributed by atoms with Crippen molar-refractivity contribution in [3.05, 3.63) is 57.6 Å². The zero-order valence-electron chi connectivity index (χ0n) is 21.8. The number of phenols is 2. The fraction of sp³-hybridized carbons (Fsp3) is 0.586. The SMILES string of the molecule is CC(C)(CCO)c1cc(CCCO)cc(Cc2cc(CCCO)cc(C(C)(C)CCO)c2O)c1O. The van der Waals surface area contributed by atoms with E-state index in [9.17, 15) is 30.6 Å². The molecule has 0 aliphatic rings. The Morgan fingerprint density at radius 3 is 1.26 bits per heavy atom. The van der Waals surface area contributed by atoms with E-state index in [1.807, 2.05) is 52.0 Å². The van der Waals surface area contributed by atoms with E-state index in [1.54, 1.807) is 0 Å². The predicted molar refractivity (Wildman–Crippen MR) is 139 cm³/mol. The first-order valence-corrected chi connectivity index (χ1v) is 12.6. The van der Waals surface area contributed by atoms with Crippen LogP contribution in [0.1, 0.15) is 86.8 Å². The zero-order valence-corrected chi connectivity index (χ0v) is 21.8. The minimum Gasteiger partial charge on any atom is -0.507 e. The monoisotopic (exact) mass is 488 g/mol. The molecule has 196 valence electrons. The topological polar surface area (TPSA) is 121 Å². The Bertz CT molecular complexity index is 887. The van der Waals surface area contributed by atoms with Crippen molar-refractivity contribution in [3.63, 3.8) is 0 Å². The highest BCUT2D eigenvalue weighted by Gasteiger charge is 2.28. The van der Waals surface area contributed by atoms with Crippen LogP contribution in [0.5, 0.6) is 11.5 Å². The Morgan fingerprint density at radius 2 is 0.943 bits per heavy atom. The van der Waals surface area contributed by atoms with Crippen molar-refractivity contribution in [2.24, 2.45) is 0 Å². The van der Waals surface area contributed by atoms with Gasteiger partial charge >= 0.3 is 0 Å². The van der Waals surface area contributed by atoms with E-state index in [0.717, 1.165) is 22.3 Å². The van der Waals surface area contributed by atoms with Gasteiger partial charge in [-0.3, -0.25) is 0 Å². The van der Waals surface area contributed by atoms with Crippen molar-refractivity contribution in [1.29, 1.82) is 0 Å². The summed E-state index contributed by atoms with van der Waals surface area (Å²) in [7, 11) is 0. The van der Waals surface area contributed by atoms with Crippen LogP contribution in [0.4, 0.5) is 0 Å². The van der Waals surface area contributed by atoms with E-state index in [4.69, 9.17) is 0 Å². The third kappa shape index (κ3) is 7.43. The lowest BCUT2D eigenvalue weighted by atomic mass is 9.77. The summed E-state index contributed by atoms with van der Waals surface area (Å²) in [5.74, 6) is 0.319. The van der Waals surface area contributed by atoms with Crippen LogP contribution in [0.2, 0.25) is 0 Å². The Kier molecular flexibility index (Phi) is 10.6. The Labute approximate surface area is 209 Å². The summed E-state index contributed by atoms with van der Waals surface area (Å²) in [4.78, 5) is 0. The van der Waals surface area contributed by atoms with Crippen LogP contribution in [-0.4, -0.2) is 57.1 Å². The number of hydrogen-bond acceptors (Lipinski definition) is 6. The van der Waals surface area contributed by atoms with Crippen LogP contribution in [0.25, 0.3) is 0 Å². The lowest BCUT2D eigenvalue weighted by Crippen LogP contribution is -2.20. The van der Waals surface area contributed by atoms with Crippen LogP contribution in [-0.2, 0) is 30.1 Å². The first-order chi connectivity index (χ1) is 16.5. The molecule has 0 radical (unpaired) electrons. The van der Waals surface area contributed by atoms with Gasteiger partial charge in [-0.15, -0.1) is 0 Å². The fourth-order valence-corrected chi connectivity index (χ4v) is 4.71. The molecule has 2 rings (SSSR count). The summed E-state index contributed by atoms with van der Waals surface area (Å²) >= 11 is 0. The molecule has 0 fully saturated rings. The molecule has 0 aliphatic carbocycles. The van der Waals surface area contributed by atoms with Crippen molar-refractivity contribution in [3.8, 4) is 11.5 Å². The van der Waals surface area contributed by atoms with Gasteiger partial charge in [0.25, 0.3) is 0 Å². The highest BCUT2D eigenvalue weighted by molar-refractivity contribution is 5.53. The van der Waals surface area contributed by atoms with E-state index >= 15 is 0 Å². The van der Waals surface area contributed by atoms with Crippen LogP contribution in [0.15, 0.2) is 24.3 Å². The Hall–Kier alpha value is -2.12. The molecule has 6 nitrogen and oxygen atoms in total. The summed E-state index contributed by atoms with van der Waals surface area (Å²) in [5, 5.41) is 60.4. The van der Waals surface area contributed by atoms with Crippen LogP contribution < -0.4 is 0 Å². The van der Waals surface area contributed by atoms with Gasteiger partial charge in [0.2, 0.25) is 0 Å². The molecule has 0 unspecified atom stereocenters. The first-order valence-electron chi connectivity index (χ1n) is 12.6. The lowest BCUT2D eigenvalue weighted by molar-refractivity contribution is 0.249. The Morgan fingerprint density at radius 1 is 0.571 bits per heavy atom. The maximum atomic E-state index is 11.3. The number of benzene rings is 2. The van der Waals surface area contributed by atoms with Gasteiger partial charge in [-0.05, 0) is 71.6 Å². The van der Waals surface area contributed by atoms with Crippen molar-refractivity contribution in [2.45, 2.75) is 83.5 Å². The van der Waals surface area contributed by atoms with E-state index in [2.05, 4.69) is 0 Å². The van der Waals surface area contributed by atoms with Crippen molar-refractivity contribution < 1.29 is 30.6 Å². The van der Waals surface area contributed by atoms with E-state index in [-0.39, 0.29) is 37.9 Å². The normalized spacial score (nSPS) is 12.3. The molecule has 2 aromatic rings. The van der Waals surface area contributed by atoms with E-state index in [0.29, 0.717) is 56.1 Å². The van der Waals surface area contributed by atoms with E-state index < -0.39 is 10.8 Å². The molecule has 0 bridgehead atoms. The Balaban J connectivity index is 2.65. The summed E-state index contributed by atoms with van der Waals surface area (Å²) in [6, 6.07) is 7.78. The average Bonchev–Trinajstić information content (AvgIpc) is 2.79. The first kappa shape index (κ1) is 29.1. The number of aliphatic hydroxyl groups excluding tert-OH is 4. The molecular weight excluding hydrogens is 444 g/mol. The molecule has 0 amide bonds. The lowest BCUT2D eigenvalue weighted by Gasteiger charge is -2.29. The largest absolute Gasteiger partial charge is 0.507 e. The molecule has 0 saturated heterocycles. The van der Waals surface area contributed by atoms with E-state index in [1.165, 1.54) is 0 Å². The van der Waals surface area contributed by atoms with Gasteiger partial charge in [-0.1, -0.05) is 52.0 Å². The fourth-order valence-electron chi connectivity index (χ4n) is 4.71. The number of aliphatic hydroxyl groups is 4. The predicted octanol–water partition coefficient (Wildman–Crippen LogP) is 3.86. The minimum absolute atomic E-state index is 0.000366. The molecule has 6 heteroatoms. The number of hydrogen-bond donors (Lipinski definition) is 6. The smallest absolute Gasteiger partial charge is 0.122 e. The molecule has 0 aliphatic heterocycles. The molecule has 6 N–H and O–H groups in total. The molecule has 2 aromatic carbocycles. The molecule has 0 heterocycles. The van der Waals surface area contributed by atoms with Gasteiger partial charge in [0.15, 0.2) is 0 Å². The van der Waals surface area contributed by atoms with Crippen molar-refractivity contribution in [2.75, 3.05) is 26.4 Å². The number of aryl methyl sites for hydroxylation is 2. The summed E-state index contributed by atoms with van der Waals surface area (Å²) in [6.45, 7) is 8.09. The second-order valence-electron chi connectivity index (χ2n) is 10.8. The third-order valence-corrected chi connectivity index (χ3v) is 7.06. The van der Waals surface area contributed by atoms with Crippen molar-refractivity contribution in [1.82, 2.24) is 0 Å². The van der Waals surface area contributed by atoms with Gasteiger partial charge in [0.1, 0.15) is 11.5 Å². The third-order valence-electron chi connectivity index (χ3n) is 7.06. The maximum Gasteiger partial charge on any atom is 0.122 e. The van der Waals surface area contributed by atoms with Gasteiger partial charge in [-0.2, -0.15) is 0 Å². The molecule has 35 heavy (non-hydrogen) atoms.